The standard InChI is InChI=1S/C11H24N2O2S/c1-2-6-11-7-3-4-9-13(11)16(14,15)10-5-8-12/h11H,2-10,12H2,1H3. The van der Waals surface area contributed by atoms with E-state index in [1.807, 2.05) is 0 Å². The molecule has 4 nitrogen and oxygen atoms in total. The van der Waals surface area contributed by atoms with Gasteiger partial charge in [0.1, 0.15) is 0 Å². The number of sulfonamides is 1. The first-order chi connectivity index (χ1) is 7.61. The van der Waals surface area contributed by atoms with Gasteiger partial charge in [-0.3, -0.25) is 0 Å². The van der Waals surface area contributed by atoms with Crippen molar-refractivity contribution < 1.29 is 8.42 Å². The van der Waals surface area contributed by atoms with E-state index in [1.165, 1.54) is 0 Å². The van der Waals surface area contributed by atoms with Crippen molar-refractivity contribution in [3.63, 3.8) is 0 Å². The second-order valence-electron chi connectivity index (χ2n) is 4.51. The molecule has 1 aliphatic rings. The Bertz CT molecular complexity index is 288. The summed E-state index contributed by atoms with van der Waals surface area (Å²) in [5.74, 6) is 0.212. The van der Waals surface area contributed by atoms with Gasteiger partial charge in [-0.15, -0.1) is 0 Å². The van der Waals surface area contributed by atoms with Gasteiger partial charge in [0.15, 0.2) is 0 Å². The highest BCUT2D eigenvalue weighted by atomic mass is 32.2. The molecular weight excluding hydrogens is 224 g/mol. The summed E-state index contributed by atoms with van der Waals surface area (Å²) in [6.07, 6.45) is 5.79. The third kappa shape index (κ3) is 3.71. The molecule has 96 valence electrons. The summed E-state index contributed by atoms with van der Waals surface area (Å²) in [7, 11) is -3.06. The van der Waals surface area contributed by atoms with Crippen molar-refractivity contribution in [2.75, 3.05) is 18.8 Å². The van der Waals surface area contributed by atoms with Crippen LogP contribution in [0.1, 0.15) is 45.4 Å². The number of piperidine rings is 1. The van der Waals surface area contributed by atoms with Crippen LogP contribution in [0, 0.1) is 0 Å². The lowest BCUT2D eigenvalue weighted by atomic mass is 10.0. The zero-order chi connectivity index (χ0) is 12.0. The first kappa shape index (κ1) is 13.9. The number of nitrogens with zero attached hydrogens (tertiary/aromatic N) is 1. The number of nitrogens with two attached hydrogens (primary N) is 1. The minimum Gasteiger partial charge on any atom is -0.330 e. The van der Waals surface area contributed by atoms with Crippen molar-refractivity contribution in [2.45, 2.75) is 51.5 Å². The van der Waals surface area contributed by atoms with Crippen LogP contribution < -0.4 is 5.73 Å². The number of hydrogen-bond donors (Lipinski definition) is 1. The zero-order valence-corrected chi connectivity index (χ0v) is 11.0. The SMILES string of the molecule is CCCC1CCCCN1S(=O)(=O)CCCN. The van der Waals surface area contributed by atoms with Gasteiger partial charge in [0.25, 0.3) is 0 Å². The molecule has 0 aromatic heterocycles. The van der Waals surface area contributed by atoms with Crippen LogP contribution >= 0.6 is 0 Å². The van der Waals surface area contributed by atoms with Gasteiger partial charge in [0.2, 0.25) is 10.0 Å². The Morgan fingerprint density at radius 1 is 1.38 bits per heavy atom. The monoisotopic (exact) mass is 248 g/mol. The minimum atomic E-state index is -3.06. The molecule has 16 heavy (non-hydrogen) atoms. The van der Waals surface area contributed by atoms with Gasteiger partial charge in [-0.05, 0) is 32.2 Å². The van der Waals surface area contributed by atoms with Gasteiger partial charge < -0.3 is 5.73 Å². The van der Waals surface area contributed by atoms with Crippen LogP contribution in [0.5, 0.6) is 0 Å². The average molecular weight is 248 g/mol. The van der Waals surface area contributed by atoms with Gasteiger partial charge >= 0.3 is 0 Å². The molecule has 0 amide bonds. The summed E-state index contributed by atoms with van der Waals surface area (Å²) in [5.41, 5.74) is 5.38. The lowest BCUT2D eigenvalue weighted by Crippen LogP contribution is -2.44. The topological polar surface area (TPSA) is 63.4 Å². The molecule has 0 bridgehead atoms. The molecule has 1 heterocycles. The van der Waals surface area contributed by atoms with Gasteiger partial charge in [0.05, 0.1) is 5.75 Å². The Kier molecular flexibility index (Phi) is 5.72. The first-order valence-electron chi connectivity index (χ1n) is 6.31. The maximum absolute atomic E-state index is 12.1. The normalized spacial score (nSPS) is 23.5. The summed E-state index contributed by atoms with van der Waals surface area (Å²) in [5, 5.41) is 0. The van der Waals surface area contributed by atoms with Crippen LogP contribution in [0.15, 0.2) is 0 Å². The highest BCUT2D eigenvalue weighted by molar-refractivity contribution is 7.89. The van der Waals surface area contributed by atoms with E-state index in [9.17, 15) is 8.42 Å². The maximum atomic E-state index is 12.1. The predicted octanol–water partition coefficient (Wildman–Crippen LogP) is 1.32. The molecule has 0 aliphatic carbocycles. The highest BCUT2D eigenvalue weighted by Gasteiger charge is 2.30. The van der Waals surface area contributed by atoms with Crippen LogP contribution in [0.2, 0.25) is 0 Å². The quantitative estimate of drug-likeness (QED) is 0.771. The molecule has 0 radical (unpaired) electrons. The number of hydrogen-bond acceptors (Lipinski definition) is 3. The average Bonchev–Trinajstić information content (AvgIpc) is 2.27. The van der Waals surface area contributed by atoms with Crippen molar-refractivity contribution in [3.8, 4) is 0 Å². The largest absolute Gasteiger partial charge is 0.330 e. The van der Waals surface area contributed by atoms with E-state index in [4.69, 9.17) is 5.73 Å². The van der Waals surface area contributed by atoms with E-state index in [0.717, 1.165) is 32.1 Å². The van der Waals surface area contributed by atoms with E-state index in [2.05, 4.69) is 6.92 Å². The molecule has 1 unspecified atom stereocenters. The third-order valence-corrected chi connectivity index (χ3v) is 5.16. The molecule has 1 fully saturated rings. The fourth-order valence-corrected chi connectivity index (χ4v) is 4.18. The van der Waals surface area contributed by atoms with Gasteiger partial charge in [-0.2, -0.15) is 4.31 Å². The maximum Gasteiger partial charge on any atom is 0.214 e. The van der Waals surface area contributed by atoms with Crippen LogP contribution in [-0.2, 0) is 10.0 Å². The molecule has 0 spiro atoms. The molecule has 1 saturated heterocycles. The second kappa shape index (κ2) is 6.57. The highest BCUT2D eigenvalue weighted by Crippen LogP contribution is 2.24. The van der Waals surface area contributed by atoms with Gasteiger partial charge in [-0.25, -0.2) is 8.42 Å². The molecule has 1 aliphatic heterocycles. The van der Waals surface area contributed by atoms with E-state index < -0.39 is 10.0 Å². The summed E-state index contributed by atoms with van der Waals surface area (Å²) >= 11 is 0. The second-order valence-corrected chi connectivity index (χ2v) is 6.55. The number of rotatable bonds is 6. The van der Waals surface area contributed by atoms with Crippen molar-refractivity contribution >= 4 is 10.0 Å². The van der Waals surface area contributed by atoms with Crippen LogP contribution in [-0.4, -0.2) is 37.6 Å². The summed E-state index contributed by atoms with van der Waals surface area (Å²) in [6.45, 7) is 3.27. The molecule has 0 saturated carbocycles. The smallest absolute Gasteiger partial charge is 0.214 e. The van der Waals surface area contributed by atoms with Crippen molar-refractivity contribution in [1.82, 2.24) is 4.31 Å². The fraction of sp³-hybridized carbons (Fsp3) is 1.00. The van der Waals surface area contributed by atoms with E-state index in [-0.39, 0.29) is 11.8 Å². The predicted molar refractivity (Wildman–Crippen MR) is 66.7 cm³/mol. The van der Waals surface area contributed by atoms with Crippen molar-refractivity contribution in [1.29, 1.82) is 0 Å². The molecule has 0 aromatic carbocycles. The van der Waals surface area contributed by atoms with Crippen molar-refractivity contribution in [2.24, 2.45) is 5.73 Å². The van der Waals surface area contributed by atoms with Gasteiger partial charge in [0, 0.05) is 12.6 Å². The molecule has 1 atom stereocenters. The Morgan fingerprint density at radius 2 is 2.12 bits per heavy atom. The van der Waals surface area contributed by atoms with E-state index in [1.54, 1.807) is 4.31 Å². The van der Waals surface area contributed by atoms with Gasteiger partial charge in [-0.1, -0.05) is 19.8 Å². The minimum absolute atomic E-state index is 0.212. The molecular formula is C11H24N2O2S. The summed E-state index contributed by atoms with van der Waals surface area (Å²) in [6, 6.07) is 0.238. The summed E-state index contributed by atoms with van der Waals surface area (Å²) in [4.78, 5) is 0. The first-order valence-corrected chi connectivity index (χ1v) is 7.92. The third-order valence-electron chi connectivity index (χ3n) is 3.16. The Hall–Kier alpha value is -0.130. The summed E-state index contributed by atoms with van der Waals surface area (Å²) < 4.78 is 25.9. The lowest BCUT2D eigenvalue weighted by molar-refractivity contribution is 0.239. The zero-order valence-electron chi connectivity index (χ0n) is 10.2. The molecule has 0 aromatic rings. The molecule has 5 heteroatoms. The van der Waals surface area contributed by atoms with E-state index >= 15 is 0 Å². The Balaban J connectivity index is 2.66. The Morgan fingerprint density at radius 3 is 2.75 bits per heavy atom. The van der Waals surface area contributed by atoms with Crippen LogP contribution in [0.3, 0.4) is 0 Å². The lowest BCUT2D eigenvalue weighted by Gasteiger charge is -2.34. The molecule has 2 N–H and O–H groups in total. The molecule has 1 rings (SSSR count). The van der Waals surface area contributed by atoms with Crippen molar-refractivity contribution in [3.05, 3.63) is 0 Å². The fourth-order valence-electron chi connectivity index (χ4n) is 2.34. The van der Waals surface area contributed by atoms with Crippen LogP contribution in [0.25, 0.3) is 0 Å². The van der Waals surface area contributed by atoms with E-state index in [0.29, 0.717) is 19.5 Å². The van der Waals surface area contributed by atoms with Crippen LogP contribution in [0.4, 0.5) is 0 Å². The Labute approximate surface area is 99.2 Å².